The van der Waals surface area contributed by atoms with Gasteiger partial charge in [-0.1, -0.05) is 55.5 Å². The molecular weight excluding hydrogens is 368 g/mol. The van der Waals surface area contributed by atoms with Gasteiger partial charge >= 0.3 is 0 Å². The van der Waals surface area contributed by atoms with Crippen LogP contribution in [0.3, 0.4) is 0 Å². The van der Waals surface area contributed by atoms with Crippen LogP contribution in [0.5, 0.6) is 0 Å². The smallest absolute Gasteiger partial charge is 0.197 e. The normalized spacial score (nSPS) is 14.7. The number of ketones is 1. The van der Waals surface area contributed by atoms with Crippen molar-refractivity contribution >= 4 is 28.2 Å². The van der Waals surface area contributed by atoms with E-state index >= 15 is 0 Å². The second-order valence-corrected chi connectivity index (χ2v) is 7.61. The Labute approximate surface area is 168 Å². The molecule has 28 heavy (non-hydrogen) atoms. The van der Waals surface area contributed by atoms with Crippen molar-refractivity contribution in [2.45, 2.75) is 19.3 Å². The molecule has 1 aliphatic rings. The molecule has 6 heteroatoms. The number of carbonyl (C=O) groups excluding carboxylic acids is 1. The van der Waals surface area contributed by atoms with E-state index in [0.29, 0.717) is 11.1 Å². The number of carbonyl (C=O) groups is 1. The van der Waals surface area contributed by atoms with Crippen molar-refractivity contribution < 1.29 is 4.79 Å². The molecule has 3 aromatic rings. The van der Waals surface area contributed by atoms with Crippen molar-refractivity contribution in [2.75, 3.05) is 18.4 Å². The summed E-state index contributed by atoms with van der Waals surface area (Å²) >= 11 is 1.56. The maximum Gasteiger partial charge on any atom is 0.197 e. The highest BCUT2D eigenvalue weighted by Crippen LogP contribution is 2.28. The second kappa shape index (κ2) is 8.35. The minimum atomic E-state index is 0.0386. The summed E-state index contributed by atoms with van der Waals surface area (Å²) in [6.45, 7) is 3.89. The molecule has 0 saturated carbocycles. The standard InChI is InChI=1S/C22H22N4OS/c1-15(19-14-28-22(25-19)26-21-23-11-6-12-24-21)17-9-5-10-18(13-17)20(27)16-7-3-2-4-8-16/h2-5,7-10,13-15H,6,11-12H2,1H3,(H2,23,24,25,26). The van der Waals surface area contributed by atoms with Crippen molar-refractivity contribution in [3.8, 4) is 0 Å². The Balaban J connectivity index is 1.51. The van der Waals surface area contributed by atoms with E-state index in [1.807, 2.05) is 54.6 Å². The Morgan fingerprint density at radius 2 is 1.96 bits per heavy atom. The van der Waals surface area contributed by atoms with Crippen LogP contribution in [0, 0.1) is 0 Å². The topological polar surface area (TPSA) is 66.4 Å². The lowest BCUT2D eigenvalue weighted by atomic mass is 9.94. The highest BCUT2D eigenvalue weighted by Gasteiger charge is 2.16. The van der Waals surface area contributed by atoms with Gasteiger partial charge in [0.15, 0.2) is 16.9 Å². The first kappa shape index (κ1) is 18.4. The molecule has 0 fully saturated rings. The third-order valence-corrected chi connectivity index (χ3v) is 5.55. The molecule has 0 aliphatic carbocycles. The number of guanidine groups is 1. The minimum Gasteiger partial charge on any atom is -0.356 e. The van der Waals surface area contributed by atoms with Crippen molar-refractivity contribution in [2.24, 2.45) is 4.99 Å². The van der Waals surface area contributed by atoms with Crippen LogP contribution in [0.1, 0.15) is 46.4 Å². The highest BCUT2D eigenvalue weighted by molar-refractivity contribution is 7.13. The highest BCUT2D eigenvalue weighted by atomic mass is 32.1. The number of anilines is 1. The summed E-state index contributed by atoms with van der Waals surface area (Å²) in [7, 11) is 0. The van der Waals surface area contributed by atoms with Gasteiger partial charge in [-0.2, -0.15) is 0 Å². The number of hydrogen-bond acceptors (Lipinski definition) is 6. The van der Waals surface area contributed by atoms with Gasteiger partial charge in [-0.25, -0.2) is 4.98 Å². The zero-order valence-electron chi connectivity index (χ0n) is 15.7. The summed E-state index contributed by atoms with van der Waals surface area (Å²) in [5.74, 6) is 0.920. The first-order valence-corrected chi connectivity index (χ1v) is 10.3. The molecule has 1 atom stereocenters. The number of nitrogens with zero attached hydrogens (tertiary/aromatic N) is 2. The molecule has 0 bridgehead atoms. The van der Waals surface area contributed by atoms with Crippen molar-refractivity contribution in [1.82, 2.24) is 10.3 Å². The molecule has 5 nitrogen and oxygen atoms in total. The number of benzene rings is 2. The largest absolute Gasteiger partial charge is 0.356 e. The average molecular weight is 391 g/mol. The van der Waals surface area contributed by atoms with Gasteiger partial charge in [0.1, 0.15) is 0 Å². The molecule has 0 saturated heterocycles. The molecule has 4 rings (SSSR count). The van der Waals surface area contributed by atoms with E-state index in [2.05, 4.69) is 27.9 Å². The molecular formula is C22H22N4OS. The average Bonchev–Trinajstić information content (AvgIpc) is 3.22. The molecule has 0 spiro atoms. The molecule has 0 amide bonds. The van der Waals surface area contributed by atoms with Crippen LogP contribution in [0.15, 0.2) is 65.0 Å². The lowest BCUT2D eigenvalue weighted by molar-refractivity contribution is 0.103. The molecule has 1 aliphatic heterocycles. The molecule has 2 N–H and O–H groups in total. The number of nitrogens with one attached hydrogen (secondary N) is 2. The minimum absolute atomic E-state index is 0.0386. The lowest BCUT2D eigenvalue weighted by Gasteiger charge is -2.14. The summed E-state index contributed by atoms with van der Waals surface area (Å²) in [5, 5.41) is 9.38. The third kappa shape index (κ3) is 4.12. The molecule has 1 unspecified atom stereocenters. The predicted octanol–water partition coefficient (Wildman–Crippen LogP) is 4.29. The summed E-state index contributed by atoms with van der Waals surface area (Å²) in [6, 6.07) is 17.2. The number of thiazole rings is 1. The van der Waals surface area contributed by atoms with Gasteiger partial charge in [0, 0.05) is 35.5 Å². The van der Waals surface area contributed by atoms with Crippen molar-refractivity contribution in [3.05, 3.63) is 82.4 Å². The zero-order valence-corrected chi connectivity index (χ0v) is 16.5. The van der Waals surface area contributed by atoms with Crippen LogP contribution in [-0.4, -0.2) is 29.8 Å². The van der Waals surface area contributed by atoms with E-state index in [0.717, 1.165) is 41.9 Å². The maximum absolute atomic E-state index is 12.7. The quantitative estimate of drug-likeness (QED) is 0.638. The fraction of sp³-hybridized carbons (Fsp3) is 0.227. The Hall–Kier alpha value is -2.99. The number of aliphatic imine (C=N–C) groups is 1. The fourth-order valence-electron chi connectivity index (χ4n) is 3.14. The molecule has 2 aromatic carbocycles. The van der Waals surface area contributed by atoms with E-state index < -0.39 is 0 Å². The van der Waals surface area contributed by atoms with Crippen LogP contribution in [0.2, 0.25) is 0 Å². The summed E-state index contributed by atoms with van der Waals surface area (Å²) in [5.41, 5.74) is 3.46. The Bertz CT molecular complexity index is 997. The third-order valence-electron chi connectivity index (χ3n) is 4.77. The molecule has 2 heterocycles. The molecule has 142 valence electrons. The van der Waals surface area contributed by atoms with E-state index in [1.54, 1.807) is 11.3 Å². The number of hydrogen-bond donors (Lipinski definition) is 2. The van der Waals surface area contributed by atoms with Gasteiger partial charge in [0.25, 0.3) is 0 Å². The Kier molecular flexibility index (Phi) is 5.48. The lowest BCUT2D eigenvalue weighted by Crippen LogP contribution is -2.35. The number of rotatable bonds is 5. The van der Waals surface area contributed by atoms with Crippen LogP contribution in [-0.2, 0) is 0 Å². The first-order chi connectivity index (χ1) is 13.7. The van der Waals surface area contributed by atoms with E-state index in [4.69, 9.17) is 4.98 Å². The van der Waals surface area contributed by atoms with Gasteiger partial charge in [-0.3, -0.25) is 9.79 Å². The zero-order chi connectivity index (χ0) is 19.3. The van der Waals surface area contributed by atoms with Crippen LogP contribution < -0.4 is 10.6 Å². The summed E-state index contributed by atoms with van der Waals surface area (Å²) in [4.78, 5) is 21.9. The van der Waals surface area contributed by atoms with Gasteiger partial charge in [0.05, 0.1) is 5.69 Å². The van der Waals surface area contributed by atoms with Crippen LogP contribution in [0.4, 0.5) is 5.13 Å². The van der Waals surface area contributed by atoms with E-state index in [-0.39, 0.29) is 11.7 Å². The molecule has 0 radical (unpaired) electrons. The van der Waals surface area contributed by atoms with Gasteiger partial charge in [-0.05, 0) is 18.1 Å². The van der Waals surface area contributed by atoms with Crippen molar-refractivity contribution in [1.29, 1.82) is 0 Å². The van der Waals surface area contributed by atoms with Crippen LogP contribution in [0.25, 0.3) is 0 Å². The number of aromatic nitrogens is 1. The first-order valence-electron chi connectivity index (χ1n) is 9.41. The van der Waals surface area contributed by atoms with E-state index in [1.165, 1.54) is 0 Å². The summed E-state index contributed by atoms with van der Waals surface area (Å²) in [6.07, 6.45) is 1.06. The fourth-order valence-corrected chi connectivity index (χ4v) is 3.94. The monoisotopic (exact) mass is 390 g/mol. The SMILES string of the molecule is CC(c1cccc(C(=O)c2ccccc2)c1)c1csc(NC2=NCCCN2)n1. The van der Waals surface area contributed by atoms with Gasteiger partial charge in [0.2, 0.25) is 0 Å². The van der Waals surface area contributed by atoms with Crippen LogP contribution >= 0.6 is 11.3 Å². The van der Waals surface area contributed by atoms with Gasteiger partial charge < -0.3 is 10.6 Å². The maximum atomic E-state index is 12.7. The van der Waals surface area contributed by atoms with Gasteiger partial charge in [-0.15, -0.1) is 11.3 Å². The predicted molar refractivity (Wildman–Crippen MR) is 114 cm³/mol. The van der Waals surface area contributed by atoms with Crippen molar-refractivity contribution in [3.63, 3.8) is 0 Å². The Morgan fingerprint density at radius 3 is 2.75 bits per heavy atom. The molecule has 1 aromatic heterocycles. The Morgan fingerprint density at radius 1 is 1.14 bits per heavy atom. The summed E-state index contributed by atoms with van der Waals surface area (Å²) < 4.78 is 0. The van der Waals surface area contributed by atoms with E-state index in [9.17, 15) is 4.79 Å². The second-order valence-electron chi connectivity index (χ2n) is 6.76.